The maximum absolute atomic E-state index is 14.6. The minimum atomic E-state index is -0.760. The SMILES string of the molecule is CN1C(=O)[C@@H](NC(=O)OC(C)(C)C)CCN(CC2CO2)c2c(F)cccc21. The number of likely N-dealkylation sites (N-methyl/N-ethyl adjacent to an activating group) is 1. The van der Waals surface area contributed by atoms with Gasteiger partial charge in [-0.2, -0.15) is 0 Å². The molecule has 2 amide bonds. The van der Waals surface area contributed by atoms with Crippen molar-refractivity contribution in [2.24, 2.45) is 0 Å². The lowest BCUT2D eigenvalue weighted by Gasteiger charge is -2.35. The van der Waals surface area contributed by atoms with Crippen LogP contribution in [0.2, 0.25) is 0 Å². The highest BCUT2D eigenvalue weighted by Gasteiger charge is 2.35. The Morgan fingerprint density at radius 1 is 1.41 bits per heavy atom. The summed E-state index contributed by atoms with van der Waals surface area (Å²) in [6.45, 7) is 6.87. The summed E-state index contributed by atoms with van der Waals surface area (Å²) in [4.78, 5) is 28.3. The molecule has 1 N–H and O–H groups in total. The van der Waals surface area contributed by atoms with E-state index in [0.717, 1.165) is 0 Å². The van der Waals surface area contributed by atoms with E-state index in [2.05, 4.69) is 5.32 Å². The molecule has 148 valence electrons. The summed E-state index contributed by atoms with van der Waals surface area (Å²) in [6, 6.07) is 3.90. The molecule has 0 spiro atoms. The van der Waals surface area contributed by atoms with Gasteiger partial charge in [0.05, 0.1) is 24.1 Å². The summed E-state index contributed by atoms with van der Waals surface area (Å²) in [7, 11) is 1.58. The number of nitrogens with one attached hydrogen (secondary N) is 1. The molecule has 0 radical (unpaired) electrons. The molecule has 2 atom stereocenters. The van der Waals surface area contributed by atoms with Gasteiger partial charge in [0.2, 0.25) is 5.91 Å². The molecular weight excluding hydrogens is 353 g/mol. The Hall–Kier alpha value is -2.35. The number of nitrogens with zero attached hydrogens (tertiary/aromatic N) is 2. The zero-order chi connectivity index (χ0) is 19.8. The Bertz CT molecular complexity index is 730. The van der Waals surface area contributed by atoms with E-state index in [0.29, 0.717) is 37.5 Å². The topological polar surface area (TPSA) is 74.4 Å². The second-order valence-electron chi connectivity index (χ2n) is 7.89. The molecule has 0 bridgehead atoms. The maximum Gasteiger partial charge on any atom is 0.408 e. The summed E-state index contributed by atoms with van der Waals surface area (Å²) >= 11 is 0. The van der Waals surface area contributed by atoms with Gasteiger partial charge in [-0.15, -0.1) is 0 Å². The number of anilines is 2. The summed E-state index contributed by atoms with van der Waals surface area (Å²) in [5, 5.41) is 2.65. The van der Waals surface area contributed by atoms with E-state index in [1.807, 2.05) is 4.90 Å². The fourth-order valence-electron chi connectivity index (χ4n) is 3.15. The van der Waals surface area contributed by atoms with Crippen LogP contribution in [0, 0.1) is 5.82 Å². The number of carbonyl (C=O) groups is 2. The van der Waals surface area contributed by atoms with Gasteiger partial charge >= 0.3 is 6.09 Å². The van der Waals surface area contributed by atoms with Crippen molar-refractivity contribution < 1.29 is 23.5 Å². The van der Waals surface area contributed by atoms with Gasteiger partial charge in [-0.25, -0.2) is 9.18 Å². The summed E-state index contributed by atoms with van der Waals surface area (Å²) < 4.78 is 25.2. The van der Waals surface area contributed by atoms with Gasteiger partial charge in [0.25, 0.3) is 0 Å². The molecule has 2 aliphatic heterocycles. The molecule has 1 saturated heterocycles. The smallest absolute Gasteiger partial charge is 0.408 e. The second kappa shape index (κ2) is 7.34. The zero-order valence-electron chi connectivity index (χ0n) is 16.1. The fraction of sp³-hybridized carbons (Fsp3) is 0.579. The molecular formula is C19H26FN3O4. The lowest BCUT2D eigenvalue weighted by atomic mass is 10.1. The Labute approximate surface area is 158 Å². The first-order valence-corrected chi connectivity index (χ1v) is 9.08. The summed E-state index contributed by atoms with van der Waals surface area (Å²) in [5.41, 5.74) is 0.196. The van der Waals surface area contributed by atoms with Crippen LogP contribution in [0.3, 0.4) is 0 Å². The Morgan fingerprint density at radius 3 is 2.74 bits per heavy atom. The second-order valence-corrected chi connectivity index (χ2v) is 7.89. The first-order valence-electron chi connectivity index (χ1n) is 9.08. The number of hydrogen-bond donors (Lipinski definition) is 1. The molecule has 3 rings (SSSR count). The van der Waals surface area contributed by atoms with Crippen molar-refractivity contribution in [3.05, 3.63) is 24.0 Å². The third-order valence-corrected chi connectivity index (χ3v) is 4.48. The largest absolute Gasteiger partial charge is 0.444 e. The predicted octanol–water partition coefficient (Wildman–Crippen LogP) is 2.29. The monoisotopic (exact) mass is 379 g/mol. The normalized spacial score (nSPS) is 22.6. The number of ether oxygens (including phenoxy) is 2. The van der Waals surface area contributed by atoms with Crippen LogP contribution in [-0.2, 0) is 14.3 Å². The third kappa shape index (κ3) is 4.68. The van der Waals surface area contributed by atoms with Crippen LogP contribution < -0.4 is 15.1 Å². The van der Waals surface area contributed by atoms with E-state index < -0.39 is 17.7 Å². The highest BCUT2D eigenvalue weighted by atomic mass is 19.1. The van der Waals surface area contributed by atoms with Crippen molar-refractivity contribution in [3.8, 4) is 0 Å². The van der Waals surface area contributed by atoms with Crippen LogP contribution >= 0.6 is 0 Å². The number of epoxide rings is 1. The minimum Gasteiger partial charge on any atom is -0.444 e. The molecule has 2 aliphatic rings. The first-order chi connectivity index (χ1) is 12.7. The van der Waals surface area contributed by atoms with Crippen LogP contribution in [0.4, 0.5) is 20.6 Å². The Kier molecular flexibility index (Phi) is 5.28. The van der Waals surface area contributed by atoms with Gasteiger partial charge < -0.3 is 24.6 Å². The summed E-state index contributed by atoms with van der Waals surface area (Å²) in [6.07, 6.45) is -0.246. The number of rotatable bonds is 3. The molecule has 1 fully saturated rings. The molecule has 1 unspecified atom stereocenters. The Balaban J connectivity index is 1.85. The number of hydrogen-bond acceptors (Lipinski definition) is 5. The minimum absolute atomic E-state index is 0.0650. The number of halogens is 1. The van der Waals surface area contributed by atoms with E-state index in [4.69, 9.17) is 9.47 Å². The molecule has 1 aromatic carbocycles. The van der Waals surface area contributed by atoms with Gasteiger partial charge in [-0.1, -0.05) is 6.07 Å². The molecule has 8 heteroatoms. The van der Waals surface area contributed by atoms with Gasteiger partial charge in [0.15, 0.2) is 0 Å². The number of carbonyl (C=O) groups excluding carboxylic acids is 2. The molecule has 0 saturated carbocycles. The quantitative estimate of drug-likeness (QED) is 0.816. The van der Waals surface area contributed by atoms with E-state index >= 15 is 0 Å². The molecule has 1 aromatic rings. The number of fused-ring (bicyclic) bond motifs is 1. The van der Waals surface area contributed by atoms with Crippen LogP contribution in [0.15, 0.2) is 18.2 Å². The average molecular weight is 379 g/mol. The van der Waals surface area contributed by atoms with Gasteiger partial charge in [-0.3, -0.25) is 4.79 Å². The van der Waals surface area contributed by atoms with Crippen LogP contribution in [0.5, 0.6) is 0 Å². The van der Waals surface area contributed by atoms with E-state index in [9.17, 15) is 14.0 Å². The van der Waals surface area contributed by atoms with Crippen LogP contribution in [0.1, 0.15) is 27.2 Å². The highest BCUT2D eigenvalue weighted by molar-refractivity contribution is 6.01. The lowest BCUT2D eigenvalue weighted by Crippen LogP contribution is -2.52. The standard InChI is InChI=1S/C19H26FN3O4/c1-19(2,3)27-18(25)21-14-8-9-23(10-12-11-26-12)16-13(20)6-5-7-15(16)22(4)17(14)24/h5-7,12,14H,8-11H2,1-4H3,(H,21,25)/t12?,14-/m0/s1. The van der Waals surface area contributed by atoms with Crippen molar-refractivity contribution in [1.82, 2.24) is 5.32 Å². The predicted molar refractivity (Wildman–Crippen MR) is 99.5 cm³/mol. The molecule has 7 nitrogen and oxygen atoms in total. The number of benzene rings is 1. The van der Waals surface area contributed by atoms with E-state index in [1.54, 1.807) is 40.0 Å². The fourth-order valence-corrected chi connectivity index (χ4v) is 3.15. The Morgan fingerprint density at radius 2 is 2.11 bits per heavy atom. The number of amides is 2. The van der Waals surface area contributed by atoms with Gasteiger partial charge in [-0.05, 0) is 39.3 Å². The van der Waals surface area contributed by atoms with Crippen molar-refractivity contribution >= 4 is 23.4 Å². The molecule has 2 heterocycles. The molecule has 0 aromatic heterocycles. The highest BCUT2D eigenvalue weighted by Crippen LogP contribution is 2.35. The van der Waals surface area contributed by atoms with E-state index in [1.165, 1.54) is 11.0 Å². The van der Waals surface area contributed by atoms with Gasteiger partial charge in [0, 0.05) is 20.1 Å². The van der Waals surface area contributed by atoms with E-state index in [-0.39, 0.29) is 17.8 Å². The van der Waals surface area contributed by atoms with Crippen molar-refractivity contribution in [1.29, 1.82) is 0 Å². The zero-order valence-corrected chi connectivity index (χ0v) is 16.1. The van der Waals surface area contributed by atoms with Gasteiger partial charge in [0.1, 0.15) is 17.5 Å². The maximum atomic E-state index is 14.6. The van der Waals surface area contributed by atoms with Crippen LogP contribution in [-0.4, -0.2) is 56.5 Å². The van der Waals surface area contributed by atoms with Crippen molar-refractivity contribution in [2.45, 2.75) is 44.9 Å². The summed E-state index contributed by atoms with van der Waals surface area (Å²) in [5.74, 6) is -0.693. The average Bonchev–Trinajstić information content (AvgIpc) is 3.37. The number of alkyl carbamates (subject to hydrolysis) is 1. The number of para-hydroxylation sites is 1. The third-order valence-electron chi connectivity index (χ3n) is 4.48. The van der Waals surface area contributed by atoms with Crippen molar-refractivity contribution in [2.75, 3.05) is 36.5 Å². The molecule has 27 heavy (non-hydrogen) atoms. The van der Waals surface area contributed by atoms with Crippen molar-refractivity contribution in [3.63, 3.8) is 0 Å². The van der Waals surface area contributed by atoms with Crippen LogP contribution in [0.25, 0.3) is 0 Å². The first kappa shape index (κ1) is 19.4. The molecule has 0 aliphatic carbocycles. The lowest BCUT2D eigenvalue weighted by molar-refractivity contribution is -0.120.